The van der Waals surface area contributed by atoms with Crippen LogP contribution in [0.25, 0.3) is 0 Å². The molecule has 12 heavy (non-hydrogen) atoms. The maximum Gasteiger partial charge on any atom is -0.0246 e. The summed E-state index contributed by atoms with van der Waals surface area (Å²) >= 11 is 0. The molecule has 0 N–H and O–H groups in total. The van der Waals surface area contributed by atoms with Gasteiger partial charge in [-0.15, -0.1) is 0 Å². The van der Waals surface area contributed by atoms with Crippen LogP contribution >= 0.6 is 0 Å². The van der Waals surface area contributed by atoms with Gasteiger partial charge in [0.2, 0.25) is 0 Å². The van der Waals surface area contributed by atoms with E-state index in [2.05, 4.69) is 13.8 Å². The highest BCUT2D eigenvalue weighted by Gasteiger charge is 2.45. The van der Waals surface area contributed by atoms with E-state index < -0.39 is 0 Å². The summed E-state index contributed by atoms with van der Waals surface area (Å²) in [4.78, 5) is 0. The number of hydrogen-bond donors (Lipinski definition) is 0. The highest BCUT2D eigenvalue weighted by atomic mass is 14.5. The SMILES string of the molecule is C[C@H]1CC[C@H](C)C12CCCCC2. The summed E-state index contributed by atoms with van der Waals surface area (Å²) in [5.41, 5.74) is 0.790. The van der Waals surface area contributed by atoms with Gasteiger partial charge in [0.05, 0.1) is 0 Å². The third kappa shape index (κ3) is 1.11. The second kappa shape index (κ2) is 3.05. The molecule has 0 aromatic heterocycles. The third-order valence-corrected chi connectivity index (χ3v) is 4.78. The second-order valence-corrected chi connectivity index (χ2v) is 5.17. The van der Waals surface area contributed by atoms with E-state index in [1.807, 2.05) is 0 Å². The van der Waals surface area contributed by atoms with E-state index in [1.54, 1.807) is 0 Å². The van der Waals surface area contributed by atoms with Crippen molar-refractivity contribution < 1.29 is 0 Å². The zero-order valence-electron chi connectivity index (χ0n) is 8.60. The lowest BCUT2D eigenvalue weighted by molar-refractivity contribution is 0.0906. The molecule has 2 aliphatic rings. The van der Waals surface area contributed by atoms with Gasteiger partial charge in [-0.05, 0) is 42.9 Å². The molecular weight excluding hydrogens is 144 g/mol. The van der Waals surface area contributed by atoms with Crippen LogP contribution in [-0.2, 0) is 0 Å². The van der Waals surface area contributed by atoms with Crippen molar-refractivity contribution in [1.29, 1.82) is 0 Å². The van der Waals surface area contributed by atoms with Gasteiger partial charge in [-0.3, -0.25) is 0 Å². The molecule has 2 aliphatic carbocycles. The lowest BCUT2D eigenvalue weighted by Gasteiger charge is -2.41. The summed E-state index contributed by atoms with van der Waals surface area (Å²) in [6, 6.07) is 0. The molecule has 2 saturated carbocycles. The lowest BCUT2D eigenvalue weighted by atomic mass is 9.64. The topological polar surface area (TPSA) is 0 Å². The largest absolute Gasteiger partial charge is 0.0620 e. The molecule has 0 heterocycles. The molecule has 2 rings (SSSR count). The molecule has 70 valence electrons. The van der Waals surface area contributed by atoms with Crippen molar-refractivity contribution in [3.63, 3.8) is 0 Å². The van der Waals surface area contributed by atoms with E-state index in [4.69, 9.17) is 0 Å². The summed E-state index contributed by atoms with van der Waals surface area (Å²) in [6.07, 6.45) is 10.6. The van der Waals surface area contributed by atoms with Crippen molar-refractivity contribution >= 4 is 0 Å². The van der Waals surface area contributed by atoms with Crippen LogP contribution in [0.4, 0.5) is 0 Å². The standard InChI is InChI=1S/C12H22/c1-10-6-7-11(2)12(10)8-4-3-5-9-12/h10-11H,3-9H2,1-2H3/t10-,11-/m0/s1. The first-order chi connectivity index (χ1) is 5.76. The summed E-state index contributed by atoms with van der Waals surface area (Å²) < 4.78 is 0. The van der Waals surface area contributed by atoms with Crippen LogP contribution in [0.3, 0.4) is 0 Å². The van der Waals surface area contributed by atoms with Gasteiger partial charge in [0, 0.05) is 0 Å². The van der Waals surface area contributed by atoms with Crippen molar-refractivity contribution in [2.45, 2.75) is 58.8 Å². The first-order valence-corrected chi connectivity index (χ1v) is 5.76. The molecule has 0 radical (unpaired) electrons. The van der Waals surface area contributed by atoms with Crippen LogP contribution in [0.2, 0.25) is 0 Å². The van der Waals surface area contributed by atoms with Crippen LogP contribution in [0.15, 0.2) is 0 Å². The minimum Gasteiger partial charge on any atom is -0.0620 e. The van der Waals surface area contributed by atoms with Crippen molar-refractivity contribution in [2.75, 3.05) is 0 Å². The summed E-state index contributed by atoms with van der Waals surface area (Å²) in [5, 5.41) is 0. The smallest absolute Gasteiger partial charge is 0.0246 e. The first kappa shape index (κ1) is 8.59. The minimum absolute atomic E-state index is 0.790. The third-order valence-electron chi connectivity index (χ3n) is 4.78. The fourth-order valence-electron chi connectivity index (χ4n) is 3.76. The summed E-state index contributed by atoms with van der Waals surface area (Å²) in [5.74, 6) is 2.04. The Morgan fingerprint density at radius 3 is 1.83 bits per heavy atom. The Kier molecular flexibility index (Phi) is 2.18. The van der Waals surface area contributed by atoms with Crippen molar-refractivity contribution in [3.8, 4) is 0 Å². The molecular formula is C12H22. The minimum atomic E-state index is 0.790. The molecule has 0 bridgehead atoms. The molecule has 2 fully saturated rings. The molecule has 0 amide bonds. The average molecular weight is 166 g/mol. The van der Waals surface area contributed by atoms with Crippen LogP contribution in [0.1, 0.15) is 58.8 Å². The Hall–Kier alpha value is 0. The maximum absolute atomic E-state index is 2.49. The molecule has 0 heteroatoms. The molecule has 2 atom stereocenters. The Morgan fingerprint density at radius 2 is 1.33 bits per heavy atom. The predicted octanol–water partition coefficient (Wildman–Crippen LogP) is 4.00. The maximum atomic E-state index is 2.49. The van der Waals surface area contributed by atoms with Gasteiger partial charge in [0.25, 0.3) is 0 Å². The fraction of sp³-hybridized carbons (Fsp3) is 1.00. The van der Waals surface area contributed by atoms with Crippen LogP contribution in [0, 0.1) is 17.3 Å². The molecule has 0 nitrogen and oxygen atoms in total. The second-order valence-electron chi connectivity index (χ2n) is 5.17. The van der Waals surface area contributed by atoms with Gasteiger partial charge >= 0.3 is 0 Å². The van der Waals surface area contributed by atoms with E-state index in [0.29, 0.717) is 0 Å². The van der Waals surface area contributed by atoms with Crippen molar-refractivity contribution in [2.24, 2.45) is 17.3 Å². The van der Waals surface area contributed by atoms with Gasteiger partial charge < -0.3 is 0 Å². The van der Waals surface area contributed by atoms with Crippen LogP contribution < -0.4 is 0 Å². The predicted molar refractivity (Wildman–Crippen MR) is 53.1 cm³/mol. The summed E-state index contributed by atoms with van der Waals surface area (Å²) in [6.45, 7) is 4.99. The van der Waals surface area contributed by atoms with E-state index >= 15 is 0 Å². The Bertz CT molecular complexity index is 141. The van der Waals surface area contributed by atoms with E-state index in [9.17, 15) is 0 Å². The molecule has 0 aromatic carbocycles. The molecule has 1 spiro atoms. The van der Waals surface area contributed by atoms with Crippen LogP contribution in [0.5, 0.6) is 0 Å². The van der Waals surface area contributed by atoms with Gasteiger partial charge in [0.1, 0.15) is 0 Å². The van der Waals surface area contributed by atoms with Gasteiger partial charge in [-0.1, -0.05) is 33.1 Å². The van der Waals surface area contributed by atoms with Gasteiger partial charge in [-0.25, -0.2) is 0 Å². The Morgan fingerprint density at radius 1 is 0.833 bits per heavy atom. The van der Waals surface area contributed by atoms with Crippen molar-refractivity contribution in [1.82, 2.24) is 0 Å². The van der Waals surface area contributed by atoms with E-state index in [1.165, 1.54) is 44.9 Å². The normalized spacial score (nSPS) is 40.5. The van der Waals surface area contributed by atoms with E-state index in [-0.39, 0.29) is 0 Å². The monoisotopic (exact) mass is 166 g/mol. The Balaban J connectivity index is 2.14. The molecule has 0 aliphatic heterocycles. The number of hydrogen-bond acceptors (Lipinski definition) is 0. The van der Waals surface area contributed by atoms with Crippen molar-refractivity contribution in [3.05, 3.63) is 0 Å². The quantitative estimate of drug-likeness (QED) is 0.510. The Labute approximate surface area is 76.7 Å². The van der Waals surface area contributed by atoms with E-state index in [0.717, 1.165) is 17.3 Å². The fourth-order valence-corrected chi connectivity index (χ4v) is 3.76. The zero-order chi connectivity index (χ0) is 8.60. The number of rotatable bonds is 0. The molecule has 0 saturated heterocycles. The van der Waals surface area contributed by atoms with Gasteiger partial charge in [0.15, 0.2) is 0 Å². The molecule has 0 aromatic rings. The lowest BCUT2D eigenvalue weighted by Crippen LogP contribution is -2.31. The summed E-state index contributed by atoms with van der Waals surface area (Å²) in [7, 11) is 0. The molecule has 0 unspecified atom stereocenters. The van der Waals surface area contributed by atoms with Crippen LogP contribution in [-0.4, -0.2) is 0 Å². The van der Waals surface area contributed by atoms with Gasteiger partial charge in [-0.2, -0.15) is 0 Å². The highest BCUT2D eigenvalue weighted by molar-refractivity contribution is 4.95. The first-order valence-electron chi connectivity index (χ1n) is 5.76. The average Bonchev–Trinajstić information content (AvgIpc) is 2.36. The zero-order valence-corrected chi connectivity index (χ0v) is 8.60. The highest BCUT2D eigenvalue weighted by Crippen LogP contribution is 2.55.